The smallest absolute Gasteiger partial charge is 0.349 e. The van der Waals surface area contributed by atoms with Crippen LogP contribution in [-0.4, -0.2) is 28.8 Å². The van der Waals surface area contributed by atoms with E-state index in [-0.39, 0.29) is 10.6 Å². The molecule has 2 aromatic carbocycles. The van der Waals surface area contributed by atoms with Crippen LogP contribution in [0.1, 0.15) is 9.67 Å². The summed E-state index contributed by atoms with van der Waals surface area (Å²) >= 11 is 4.41. The lowest BCUT2D eigenvalue weighted by molar-refractivity contribution is -0.139. The van der Waals surface area contributed by atoms with Crippen LogP contribution in [0.3, 0.4) is 0 Å². The number of halogens is 1. The van der Waals surface area contributed by atoms with Gasteiger partial charge in [-0.05, 0) is 38.7 Å². The highest BCUT2D eigenvalue weighted by molar-refractivity contribution is 9.10. The highest BCUT2D eigenvalue weighted by atomic mass is 79.9. The van der Waals surface area contributed by atoms with Gasteiger partial charge in [-0.3, -0.25) is 0 Å². The molecule has 0 spiro atoms. The highest BCUT2D eigenvalue weighted by Gasteiger charge is 2.24. The van der Waals surface area contributed by atoms with Gasteiger partial charge >= 0.3 is 11.9 Å². The van der Waals surface area contributed by atoms with Crippen molar-refractivity contribution in [2.45, 2.75) is 0 Å². The number of carboxylic acids is 2. The number of aliphatic carboxylic acids is 1. The van der Waals surface area contributed by atoms with Crippen LogP contribution >= 0.6 is 27.3 Å². The first kappa shape index (κ1) is 18.2. The first-order valence-corrected chi connectivity index (χ1v) is 9.14. The van der Waals surface area contributed by atoms with Gasteiger partial charge in [-0.1, -0.05) is 48.5 Å². The molecule has 0 radical (unpaired) electrons. The van der Waals surface area contributed by atoms with Crippen molar-refractivity contribution in [3.05, 3.63) is 63.9 Å². The standard InChI is InChI=1S/C19H13BrO5S/c20-15-16(25-10-14(21)22)18(19(23)24)26-17(15)13-8-4-7-12(9-13)11-5-2-1-3-6-11/h1-9H,10H2,(H,21,22)(H,23,24). The molecule has 5 nitrogen and oxygen atoms in total. The van der Waals surface area contributed by atoms with Gasteiger partial charge < -0.3 is 14.9 Å². The summed E-state index contributed by atoms with van der Waals surface area (Å²) in [5.74, 6) is -2.31. The summed E-state index contributed by atoms with van der Waals surface area (Å²) in [7, 11) is 0. The minimum atomic E-state index is -1.17. The Balaban J connectivity index is 2.06. The Morgan fingerprint density at radius 3 is 2.27 bits per heavy atom. The molecule has 1 aromatic heterocycles. The Hall–Kier alpha value is -2.64. The molecule has 0 aliphatic heterocycles. The molecule has 0 aliphatic rings. The molecule has 0 saturated carbocycles. The van der Waals surface area contributed by atoms with E-state index >= 15 is 0 Å². The lowest BCUT2D eigenvalue weighted by Crippen LogP contribution is -2.11. The fourth-order valence-electron chi connectivity index (χ4n) is 2.46. The van der Waals surface area contributed by atoms with Gasteiger partial charge in [0, 0.05) is 0 Å². The van der Waals surface area contributed by atoms with Crippen molar-refractivity contribution in [3.63, 3.8) is 0 Å². The van der Waals surface area contributed by atoms with Crippen LogP contribution in [0.15, 0.2) is 59.1 Å². The molecular formula is C19H13BrO5S. The maximum absolute atomic E-state index is 11.5. The van der Waals surface area contributed by atoms with E-state index in [0.717, 1.165) is 28.0 Å². The number of carbonyl (C=O) groups is 2. The van der Waals surface area contributed by atoms with Crippen molar-refractivity contribution in [1.29, 1.82) is 0 Å². The summed E-state index contributed by atoms with van der Waals surface area (Å²) in [6, 6.07) is 17.5. The minimum Gasteiger partial charge on any atom is -0.479 e. The third-order valence-corrected chi connectivity index (χ3v) is 5.80. The van der Waals surface area contributed by atoms with Crippen molar-refractivity contribution in [2.24, 2.45) is 0 Å². The van der Waals surface area contributed by atoms with Gasteiger partial charge in [-0.2, -0.15) is 0 Å². The number of rotatable bonds is 6. The average Bonchev–Trinajstić information content (AvgIpc) is 2.97. The molecule has 0 saturated heterocycles. The Labute approximate surface area is 161 Å². The molecule has 26 heavy (non-hydrogen) atoms. The molecule has 0 bridgehead atoms. The van der Waals surface area contributed by atoms with Crippen LogP contribution < -0.4 is 4.74 Å². The molecule has 0 aliphatic carbocycles. The van der Waals surface area contributed by atoms with Crippen LogP contribution in [0.4, 0.5) is 0 Å². The maximum Gasteiger partial charge on any atom is 0.349 e. The number of aromatic carboxylic acids is 1. The van der Waals surface area contributed by atoms with Gasteiger partial charge in [0.2, 0.25) is 0 Å². The molecule has 2 N–H and O–H groups in total. The molecule has 0 fully saturated rings. The van der Waals surface area contributed by atoms with Crippen LogP contribution in [-0.2, 0) is 4.79 Å². The summed E-state index contributed by atoms with van der Waals surface area (Å²) < 4.78 is 5.63. The lowest BCUT2D eigenvalue weighted by atomic mass is 10.0. The fourth-order valence-corrected chi connectivity index (χ4v) is 4.34. The maximum atomic E-state index is 11.5. The van der Waals surface area contributed by atoms with Crippen LogP contribution in [0, 0.1) is 0 Å². The second kappa shape index (κ2) is 7.72. The van der Waals surface area contributed by atoms with Crippen molar-refractivity contribution in [1.82, 2.24) is 0 Å². The van der Waals surface area contributed by atoms with Gasteiger partial charge in [0.15, 0.2) is 17.2 Å². The van der Waals surface area contributed by atoms with Gasteiger partial charge in [-0.25, -0.2) is 9.59 Å². The predicted octanol–water partition coefficient (Wildman–Crippen LogP) is 5.01. The van der Waals surface area contributed by atoms with E-state index < -0.39 is 18.5 Å². The SMILES string of the molecule is O=C(O)COc1c(C(=O)O)sc(-c2cccc(-c3ccccc3)c2)c1Br. The zero-order valence-corrected chi connectivity index (χ0v) is 15.7. The zero-order chi connectivity index (χ0) is 18.7. The molecule has 3 aromatic rings. The lowest BCUT2D eigenvalue weighted by Gasteiger charge is -2.06. The van der Waals surface area contributed by atoms with E-state index in [1.54, 1.807) is 0 Å². The Morgan fingerprint density at radius 1 is 0.962 bits per heavy atom. The number of carboxylic acid groups (broad SMARTS) is 2. The molecule has 0 atom stereocenters. The van der Waals surface area contributed by atoms with Gasteiger partial charge in [0.1, 0.15) is 0 Å². The first-order chi connectivity index (χ1) is 12.5. The molecule has 7 heteroatoms. The summed E-state index contributed by atoms with van der Waals surface area (Å²) in [4.78, 5) is 22.9. The predicted molar refractivity (Wildman–Crippen MR) is 103 cm³/mol. The van der Waals surface area contributed by atoms with Crippen LogP contribution in [0.25, 0.3) is 21.6 Å². The average molecular weight is 433 g/mol. The third-order valence-electron chi connectivity index (χ3n) is 3.58. The van der Waals surface area contributed by atoms with E-state index in [9.17, 15) is 14.7 Å². The molecule has 1 heterocycles. The Bertz CT molecular complexity index is 965. The number of thiophene rings is 1. The van der Waals surface area contributed by atoms with E-state index in [1.165, 1.54) is 0 Å². The fraction of sp³-hybridized carbons (Fsp3) is 0.0526. The molecular weight excluding hydrogens is 420 g/mol. The topological polar surface area (TPSA) is 83.8 Å². The summed E-state index contributed by atoms with van der Waals surface area (Å²) in [5, 5.41) is 18.2. The zero-order valence-electron chi connectivity index (χ0n) is 13.3. The van der Waals surface area contributed by atoms with Crippen LogP contribution in [0.5, 0.6) is 5.75 Å². The number of benzene rings is 2. The van der Waals surface area contributed by atoms with E-state index in [4.69, 9.17) is 9.84 Å². The number of hydrogen-bond acceptors (Lipinski definition) is 4. The second-order valence-electron chi connectivity index (χ2n) is 5.34. The van der Waals surface area contributed by atoms with E-state index in [1.807, 2.05) is 54.6 Å². The molecule has 132 valence electrons. The summed E-state index contributed by atoms with van der Waals surface area (Å²) in [5.41, 5.74) is 2.85. The second-order valence-corrected chi connectivity index (χ2v) is 7.15. The minimum absolute atomic E-state index is 0.0324. The Kier molecular flexibility index (Phi) is 5.39. The quantitative estimate of drug-likeness (QED) is 0.571. The molecule has 3 rings (SSSR count). The summed E-state index contributed by atoms with van der Waals surface area (Å²) in [6.45, 7) is -0.612. The number of ether oxygens (including phenoxy) is 1. The van der Waals surface area contributed by atoms with Gasteiger partial charge in [-0.15, -0.1) is 11.3 Å². The van der Waals surface area contributed by atoms with Crippen molar-refractivity contribution < 1.29 is 24.5 Å². The number of hydrogen-bond donors (Lipinski definition) is 2. The highest BCUT2D eigenvalue weighted by Crippen LogP contribution is 2.46. The van der Waals surface area contributed by atoms with Crippen molar-refractivity contribution in [3.8, 4) is 27.3 Å². The summed E-state index contributed by atoms with van der Waals surface area (Å²) in [6.07, 6.45) is 0. The normalized spacial score (nSPS) is 10.5. The molecule has 0 unspecified atom stereocenters. The first-order valence-electron chi connectivity index (χ1n) is 7.53. The van der Waals surface area contributed by atoms with Crippen molar-refractivity contribution >= 4 is 39.2 Å². The van der Waals surface area contributed by atoms with Gasteiger partial charge in [0.05, 0.1) is 9.35 Å². The Morgan fingerprint density at radius 2 is 1.62 bits per heavy atom. The monoisotopic (exact) mass is 432 g/mol. The van der Waals surface area contributed by atoms with Crippen LogP contribution in [0.2, 0.25) is 0 Å². The molecule has 0 amide bonds. The van der Waals surface area contributed by atoms with E-state index in [2.05, 4.69) is 15.9 Å². The van der Waals surface area contributed by atoms with E-state index in [0.29, 0.717) is 9.35 Å². The largest absolute Gasteiger partial charge is 0.479 e. The third kappa shape index (κ3) is 3.79. The van der Waals surface area contributed by atoms with Gasteiger partial charge in [0.25, 0.3) is 0 Å². The van der Waals surface area contributed by atoms with Crippen molar-refractivity contribution in [2.75, 3.05) is 6.61 Å².